The molecule has 0 bridgehead atoms. The first-order valence-corrected chi connectivity index (χ1v) is 6.28. The van der Waals surface area contributed by atoms with E-state index in [4.69, 9.17) is 11.6 Å². The van der Waals surface area contributed by atoms with Gasteiger partial charge in [0, 0.05) is 5.56 Å². The Morgan fingerprint density at radius 1 is 1.29 bits per heavy atom. The molecule has 0 saturated heterocycles. The summed E-state index contributed by atoms with van der Waals surface area (Å²) in [6.45, 7) is 0.197. The number of halogens is 4. The lowest BCUT2D eigenvalue weighted by molar-refractivity contribution is -0.153. The topological polar surface area (TPSA) is 52.6 Å². The van der Waals surface area contributed by atoms with Gasteiger partial charge in [0.1, 0.15) is 12.2 Å². The van der Waals surface area contributed by atoms with Crippen molar-refractivity contribution >= 4 is 23.4 Å². The number of Topliss-reactive ketones (excluding diaryl/α,β-unsaturated/α-hetero) is 1. The molecule has 4 nitrogen and oxygen atoms in total. The number of hydrogen-bond donors (Lipinski definition) is 0. The van der Waals surface area contributed by atoms with E-state index in [9.17, 15) is 22.8 Å². The van der Waals surface area contributed by atoms with Gasteiger partial charge in [-0.05, 0) is 25.1 Å². The fourth-order valence-corrected chi connectivity index (χ4v) is 1.56. The Balaban J connectivity index is 2.81. The number of ketones is 1. The summed E-state index contributed by atoms with van der Waals surface area (Å²) in [4.78, 5) is 23.0. The van der Waals surface area contributed by atoms with Crippen LogP contribution < -0.4 is 4.74 Å². The molecule has 0 amide bonds. The number of ether oxygens (including phenoxy) is 2. The Morgan fingerprint density at radius 2 is 1.95 bits per heavy atom. The van der Waals surface area contributed by atoms with E-state index < -0.39 is 31.0 Å². The van der Waals surface area contributed by atoms with E-state index in [2.05, 4.69) is 9.47 Å². The molecule has 0 aromatic heterocycles. The highest BCUT2D eigenvalue weighted by Crippen LogP contribution is 2.28. The molecule has 0 radical (unpaired) electrons. The van der Waals surface area contributed by atoms with Crippen molar-refractivity contribution < 1.29 is 32.2 Å². The Hall–Kier alpha value is -1.76. The van der Waals surface area contributed by atoms with Crippen LogP contribution in [0.4, 0.5) is 13.2 Å². The Morgan fingerprint density at radius 3 is 2.52 bits per heavy atom. The molecular formula is C13H12ClF3O4. The average molecular weight is 325 g/mol. The SMILES string of the molecule is CCOC(=O)CC(=O)c1ccc(Cl)c(OCC(F)(F)F)c1. The lowest BCUT2D eigenvalue weighted by Gasteiger charge is -2.11. The van der Waals surface area contributed by atoms with E-state index in [0.717, 1.165) is 6.07 Å². The van der Waals surface area contributed by atoms with Crippen LogP contribution in [0.25, 0.3) is 0 Å². The fraction of sp³-hybridized carbons (Fsp3) is 0.385. The molecule has 0 heterocycles. The van der Waals surface area contributed by atoms with Gasteiger partial charge in [-0.1, -0.05) is 11.6 Å². The molecule has 116 valence electrons. The zero-order valence-electron chi connectivity index (χ0n) is 11.0. The fourth-order valence-electron chi connectivity index (χ4n) is 1.39. The molecule has 0 aliphatic carbocycles. The van der Waals surface area contributed by atoms with Crippen LogP contribution >= 0.6 is 11.6 Å². The molecule has 1 aromatic rings. The van der Waals surface area contributed by atoms with E-state index in [-0.39, 0.29) is 22.9 Å². The number of rotatable bonds is 6. The molecule has 0 aliphatic rings. The van der Waals surface area contributed by atoms with Gasteiger partial charge in [-0.2, -0.15) is 13.2 Å². The highest BCUT2D eigenvalue weighted by molar-refractivity contribution is 6.32. The molecule has 21 heavy (non-hydrogen) atoms. The average Bonchev–Trinajstić information content (AvgIpc) is 2.36. The van der Waals surface area contributed by atoms with Crippen molar-refractivity contribution in [1.29, 1.82) is 0 Å². The molecule has 0 unspecified atom stereocenters. The minimum absolute atomic E-state index is 0.0182. The minimum atomic E-state index is -4.52. The Labute approximate surface area is 123 Å². The third-order valence-corrected chi connectivity index (χ3v) is 2.57. The minimum Gasteiger partial charge on any atom is -0.483 e. The smallest absolute Gasteiger partial charge is 0.422 e. The second kappa shape index (κ2) is 7.31. The molecule has 0 N–H and O–H groups in total. The second-order valence-corrected chi connectivity index (χ2v) is 4.36. The van der Waals surface area contributed by atoms with Crippen LogP contribution in [0.1, 0.15) is 23.7 Å². The summed E-state index contributed by atoms with van der Waals surface area (Å²) < 4.78 is 45.4. The van der Waals surface area contributed by atoms with Gasteiger partial charge in [-0.15, -0.1) is 0 Å². The molecule has 0 aliphatic heterocycles. The number of carbonyl (C=O) groups excluding carboxylic acids is 2. The molecule has 0 atom stereocenters. The summed E-state index contributed by atoms with van der Waals surface area (Å²) in [6.07, 6.45) is -5.03. The van der Waals surface area contributed by atoms with E-state index in [1.165, 1.54) is 12.1 Å². The highest BCUT2D eigenvalue weighted by atomic mass is 35.5. The van der Waals surface area contributed by atoms with Crippen LogP contribution in [0, 0.1) is 0 Å². The maximum Gasteiger partial charge on any atom is 0.422 e. The maximum atomic E-state index is 12.1. The van der Waals surface area contributed by atoms with E-state index in [1.807, 2.05) is 0 Å². The quantitative estimate of drug-likeness (QED) is 0.457. The molecule has 1 rings (SSSR count). The Kier molecular flexibility index (Phi) is 6.02. The van der Waals surface area contributed by atoms with Gasteiger partial charge >= 0.3 is 12.1 Å². The number of esters is 1. The second-order valence-electron chi connectivity index (χ2n) is 3.95. The summed E-state index contributed by atoms with van der Waals surface area (Å²) >= 11 is 5.69. The zero-order chi connectivity index (χ0) is 16.0. The van der Waals surface area contributed by atoms with Crippen molar-refractivity contribution in [2.24, 2.45) is 0 Å². The van der Waals surface area contributed by atoms with E-state index >= 15 is 0 Å². The van der Waals surface area contributed by atoms with Gasteiger partial charge in [-0.3, -0.25) is 9.59 Å². The van der Waals surface area contributed by atoms with Crippen molar-refractivity contribution in [3.05, 3.63) is 28.8 Å². The predicted molar refractivity (Wildman–Crippen MR) is 68.6 cm³/mol. The molecular weight excluding hydrogens is 313 g/mol. The lowest BCUT2D eigenvalue weighted by Crippen LogP contribution is -2.19. The van der Waals surface area contributed by atoms with Crippen molar-refractivity contribution in [3.8, 4) is 5.75 Å². The van der Waals surface area contributed by atoms with E-state index in [0.29, 0.717) is 0 Å². The molecule has 0 fully saturated rings. The predicted octanol–water partition coefficient (Wildman–Crippen LogP) is 3.42. The summed E-state index contributed by atoms with van der Waals surface area (Å²) in [5.74, 6) is -1.58. The van der Waals surface area contributed by atoms with Crippen LogP contribution in [-0.2, 0) is 9.53 Å². The van der Waals surface area contributed by atoms with Gasteiger partial charge in [-0.25, -0.2) is 0 Å². The van der Waals surface area contributed by atoms with Crippen LogP contribution in [0.15, 0.2) is 18.2 Å². The van der Waals surface area contributed by atoms with Gasteiger partial charge in [0.25, 0.3) is 0 Å². The number of carbonyl (C=O) groups is 2. The van der Waals surface area contributed by atoms with Crippen molar-refractivity contribution in [1.82, 2.24) is 0 Å². The number of hydrogen-bond acceptors (Lipinski definition) is 4. The van der Waals surface area contributed by atoms with Crippen LogP contribution in [-0.4, -0.2) is 31.1 Å². The van der Waals surface area contributed by atoms with Crippen molar-refractivity contribution in [2.75, 3.05) is 13.2 Å². The van der Waals surface area contributed by atoms with Crippen LogP contribution in [0.5, 0.6) is 5.75 Å². The molecule has 0 spiro atoms. The first-order chi connectivity index (χ1) is 9.73. The first kappa shape index (κ1) is 17.3. The van der Waals surface area contributed by atoms with Gasteiger partial charge in [0.15, 0.2) is 12.4 Å². The Bertz CT molecular complexity index is 529. The number of benzene rings is 1. The molecule has 8 heteroatoms. The van der Waals surface area contributed by atoms with Crippen molar-refractivity contribution in [2.45, 2.75) is 19.5 Å². The van der Waals surface area contributed by atoms with E-state index in [1.54, 1.807) is 6.92 Å². The van der Waals surface area contributed by atoms with Gasteiger partial charge < -0.3 is 9.47 Å². The summed E-state index contributed by atoms with van der Waals surface area (Å²) in [5.41, 5.74) is 0.0182. The lowest BCUT2D eigenvalue weighted by atomic mass is 10.1. The summed E-state index contributed by atoms with van der Waals surface area (Å²) in [7, 11) is 0. The van der Waals surface area contributed by atoms with Gasteiger partial charge in [0.2, 0.25) is 0 Å². The first-order valence-electron chi connectivity index (χ1n) is 5.91. The largest absolute Gasteiger partial charge is 0.483 e. The molecule has 0 saturated carbocycles. The standard InChI is InChI=1S/C13H12ClF3O4/c1-2-20-12(19)6-10(18)8-3-4-9(14)11(5-8)21-7-13(15,16)17/h3-5H,2,6-7H2,1H3. The van der Waals surface area contributed by atoms with Crippen LogP contribution in [0.2, 0.25) is 5.02 Å². The summed E-state index contributed by atoms with van der Waals surface area (Å²) in [6, 6.07) is 3.59. The molecule has 1 aromatic carbocycles. The highest BCUT2D eigenvalue weighted by Gasteiger charge is 2.29. The third kappa shape index (κ3) is 6.03. The number of alkyl halides is 3. The van der Waals surface area contributed by atoms with Crippen LogP contribution in [0.3, 0.4) is 0 Å². The normalized spacial score (nSPS) is 11.1. The monoisotopic (exact) mass is 324 g/mol. The van der Waals surface area contributed by atoms with Gasteiger partial charge in [0.05, 0.1) is 11.6 Å². The zero-order valence-corrected chi connectivity index (χ0v) is 11.8. The maximum absolute atomic E-state index is 12.1. The van der Waals surface area contributed by atoms with Crippen molar-refractivity contribution in [3.63, 3.8) is 0 Å². The summed E-state index contributed by atoms with van der Waals surface area (Å²) in [5, 5.41) is -0.0630. The third-order valence-electron chi connectivity index (χ3n) is 2.25.